The summed E-state index contributed by atoms with van der Waals surface area (Å²) in [5.41, 5.74) is 5.27. The maximum atomic E-state index is 14.0. The average molecular weight is 485 g/mol. The van der Waals surface area contributed by atoms with E-state index in [-0.39, 0.29) is 11.8 Å². The Kier molecular flexibility index (Phi) is 6.68. The first kappa shape index (κ1) is 23.9. The van der Waals surface area contributed by atoms with Crippen LogP contribution in [0.2, 0.25) is 0 Å². The molecule has 0 saturated carbocycles. The van der Waals surface area contributed by atoms with Gasteiger partial charge in [0.05, 0.1) is 25.2 Å². The summed E-state index contributed by atoms with van der Waals surface area (Å²) >= 11 is 0. The number of nitrogens with zero attached hydrogens (tertiary/aromatic N) is 1. The topological polar surface area (TPSA) is 67.9 Å². The highest BCUT2D eigenvalue weighted by molar-refractivity contribution is 6.04. The van der Waals surface area contributed by atoms with Crippen LogP contribution >= 0.6 is 0 Å². The van der Waals surface area contributed by atoms with E-state index in [9.17, 15) is 9.59 Å². The summed E-state index contributed by atoms with van der Waals surface area (Å²) in [4.78, 5) is 29.5. The van der Waals surface area contributed by atoms with Crippen LogP contribution in [0.1, 0.15) is 65.3 Å². The van der Waals surface area contributed by atoms with Crippen molar-refractivity contribution in [3.63, 3.8) is 0 Å². The van der Waals surface area contributed by atoms with E-state index in [1.165, 1.54) is 0 Å². The van der Waals surface area contributed by atoms with Crippen molar-refractivity contribution in [2.75, 3.05) is 25.1 Å². The summed E-state index contributed by atoms with van der Waals surface area (Å²) in [6.07, 6.45) is 1.51. The van der Waals surface area contributed by atoms with Crippen LogP contribution in [-0.2, 0) is 17.6 Å². The number of carbonyl (C=O) groups is 2. The van der Waals surface area contributed by atoms with E-state index < -0.39 is 12.0 Å². The zero-order chi connectivity index (χ0) is 25.2. The number of hydrogen-bond acceptors (Lipinski definition) is 4. The Morgan fingerprint density at radius 2 is 1.64 bits per heavy atom. The lowest BCUT2D eigenvalue weighted by Gasteiger charge is -2.45. The van der Waals surface area contributed by atoms with E-state index in [0.717, 1.165) is 34.4 Å². The molecule has 0 saturated heterocycles. The highest BCUT2D eigenvalue weighted by Gasteiger charge is 2.46. The molecule has 5 rings (SSSR count). The van der Waals surface area contributed by atoms with Crippen LogP contribution in [0.4, 0.5) is 5.69 Å². The molecule has 2 heterocycles. The van der Waals surface area contributed by atoms with Gasteiger partial charge in [-0.2, -0.15) is 0 Å². The Balaban J connectivity index is 1.64. The van der Waals surface area contributed by atoms with Crippen molar-refractivity contribution in [3.8, 4) is 11.5 Å². The summed E-state index contributed by atoms with van der Waals surface area (Å²) in [5, 5.41) is 3.19. The van der Waals surface area contributed by atoms with Gasteiger partial charge < -0.3 is 19.7 Å². The first-order chi connectivity index (χ1) is 17.6. The van der Waals surface area contributed by atoms with Crippen molar-refractivity contribution in [2.24, 2.45) is 0 Å². The molecule has 6 nitrogen and oxygen atoms in total. The van der Waals surface area contributed by atoms with Crippen molar-refractivity contribution in [2.45, 2.75) is 45.6 Å². The molecule has 1 N–H and O–H groups in total. The summed E-state index contributed by atoms with van der Waals surface area (Å²) in [7, 11) is 0. The third kappa shape index (κ3) is 4.11. The standard InChI is InChI=1S/C30H32N2O4/c1-4-19-11-7-10-14-24(19)31-29(33)27-21-12-8-9-13-22(21)30(34)32-16-15-20-17-25(35-5-2)26(36-6-3)18-23(20)28(27)32/h7-14,17-18,27-28H,4-6,15-16H2,1-3H3,(H,31,33)/t27-,28-/m1/s1. The molecule has 0 unspecified atom stereocenters. The number of rotatable bonds is 7. The SMILES string of the molecule is CCOc1cc2c(cc1OCC)[C@@H]1[C@H](C(=O)Nc3ccccc3CC)c3ccccc3C(=O)N1CC2. The molecule has 0 aliphatic carbocycles. The number of hydrogen-bond donors (Lipinski definition) is 1. The Bertz CT molecular complexity index is 1300. The van der Waals surface area contributed by atoms with Crippen LogP contribution < -0.4 is 14.8 Å². The number of aryl methyl sites for hydroxylation is 1. The fourth-order valence-corrected chi connectivity index (χ4v) is 5.51. The van der Waals surface area contributed by atoms with Crippen molar-refractivity contribution in [3.05, 3.63) is 88.5 Å². The van der Waals surface area contributed by atoms with Gasteiger partial charge in [-0.05, 0) is 73.2 Å². The van der Waals surface area contributed by atoms with Gasteiger partial charge in [-0.25, -0.2) is 0 Å². The molecule has 2 atom stereocenters. The van der Waals surface area contributed by atoms with Gasteiger partial charge in [0.25, 0.3) is 5.91 Å². The van der Waals surface area contributed by atoms with Gasteiger partial charge in [-0.1, -0.05) is 43.3 Å². The van der Waals surface area contributed by atoms with Gasteiger partial charge in [0.2, 0.25) is 5.91 Å². The van der Waals surface area contributed by atoms with Gasteiger partial charge in [0.1, 0.15) is 0 Å². The first-order valence-electron chi connectivity index (χ1n) is 12.8. The highest BCUT2D eigenvalue weighted by atomic mass is 16.5. The molecule has 2 aliphatic heterocycles. The van der Waals surface area contributed by atoms with E-state index in [1.807, 2.05) is 79.4 Å². The van der Waals surface area contributed by atoms with Gasteiger partial charge >= 0.3 is 0 Å². The Labute approximate surface area is 212 Å². The fraction of sp³-hybridized carbons (Fsp3) is 0.333. The monoisotopic (exact) mass is 484 g/mol. The first-order valence-corrected chi connectivity index (χ1v) is 12.8. The molecular weight excluding hydrogens is 452 g/mol. The minimum absolute atomic E-state index is 0.0360. The second-order valence-electron chi connectivity index (χ2n) is 9.12. The summed E-state index contributed by atoms with van der Waals surface area (Å²) in [5.74, 6) is 0.626. The van der Waals surface area contributed by atoms with Gasteiger partial charge in [-0.15, -0.1) is 0 Å². The second kappa shape index (κ2) is 10.1. The average Bonchev–Trinajstić information content (AvgIpc) is 2.90. The number of benzene rings is 3. The van der Waals surface area contributed by atoms with Crippen molar-refractivity contribution >= 4 is 17.5 Å². The predicted octanol–water partition coefficient (Wildman–Crippen LogP) is 5.52. The molecule has 0 aromatic heterocycles. The quantitative estimate of drug-likeness (QED) is 0.479. The van der Waals surface area contributed by atoms with Crippen molar-refractivity contribution in [1.82, 2.24) is 4.90 Å². The van der Waals surface area contributed by atoms with E-state index >= 15 is 0 Å². The van der Waals surface area contributed by atoms with Crippen LogP contribution in [-0.4, -0.2) is 36.5 Å². The Morgan fingerprint density at radius 1 is 0.944 bits per heavy atom. The molecular formula is C30H32N2O4. The van der Waals surface area contributed by atoms with Gasteiger partial charge in [-0.3, -0.25) is 9.59 Å². The smallest absolute Gasteiger partial charge is 0.254 e. The minimum atomic E-state index is -0.560. The van der Waals surface area contributed by atoms with Crippen molar-refractivity contribution in [1.29, 1.82) is 0 Å². The van der Waals surface area contributed by atoms with E-state index in [4.69, 9.17) is 9.47 Å². The molecule has 186 valence electrons. The second-order valence-corrected chi connectivity index (χ2v) is 9.12. The molecule has 0 fully saturated rings. The highest BCUT2D eigenvalue weighted by Crippen LogP contribution is 2.48. The molecule has 36 heavy (non-hydrogen) atoms. The number of nitrogens with one attached hydrogen (secondary N) is 1. The maximum Gasteiger partial charge on any atom is 0.254 e. The predicted molar refractivity (Wildman–Crippen MR) is 140 cm³/mol. The zero-order valence-electron chi connectivity index (χ0n) is 21.0. The molecule has 3 aromatic rings. The van der Waals surface area contributed by atoms with Crippen LogP contribution in [0.5, 0.6) is 11.5 Å². The number of para-hydroxylation sites is 1. The van der Waals surface area contributed by atoms with Gasteiger partial charge in [0, 0.05) is 17.8 Å². The Morgan fingerprint density at radius 3 is 2.39 bits per heavy atom. The molecule has 0 spiro atoms. The lowest BCUT2D eigenvalue weighted by atomic mass is 9.75. The largest absolute Gasteiger partial charge is 0.490 e. The fourth-order valence-electron chi connectivity index (χ4n) is 5.51. The van der Waals surface area contributed by atoms with E-state index in [2.05, 4.69) is 12.2 Å². The molecule has 0 bridgehead atoms. The van der Waals surface area contributed by atoms with Crippen molar-refractivity contribution < 1.29 is 19.1 Å². The number of fused-ring (bicyclic) bond motifs is 4. The van der Waals surface area contributed by atoms with Crippen LogP contribution in [0, 0.1) is 0 Å². The van der Waals surface area contributed by atoms with Crippen LogP contribution in [0.3, 0.4) is 0 Å². The molecule has 6 heteroatoms. The third-order valence-corrected chi connectivity index (χ3v) is 7.12. The van der Waals surface area contributed by atoms with Crippen LogP contribution in [0.25, 0.3) is 0 Å². The normalized spacial score (nSPS) is 18.1. The van der Waals surface area contributed by atoms with E-state index in [0.29, 0.717) is 43.2 Å². The summed E-state index contributed by atoms with van der Waals surface area (Å²) in [6.45, 7) is 7.52. The number of amides is 2. The summed E-state index contributed by atoms with van der Waals surface area (Å²) in [6, 6.07) is 18.9. The minimum Gasteiger partial charge on any atom is -0.490 e. The number of carbonyl (C=O) groups excluding carboxylic acids is 2. The molecule has 0 radical (unpaired) electrons. The van der Waals surface area contributed by atoms with Crippen LogP contribution in [0.15, 0.2) is 60.7 Å². The van der Waals surface area contributed by atoms with E-state index in [1.54, 1.807) is 0 Å². The molecule has 2 aliphatic rings. The number of ether oxygens (including phenoxy) is 2. The zero-order valence-corrected chi connectivity index (χ0v) is 21.0. The van der Waals surface area contributed by atoms with Gasteiger partial charge in [0.15, 0.2) is 11.5 Å². The molecule has 2 amide bonds. The number of anilines is 1. The lowest BCUT2D eigenvalue weighted by Crippen LogP contribution is -2.49. The summed E-state index contributed by atoms with van der Waals surface area (Å²) < 4.78 is 11.8. The third-order valence-electron chi connectivity index (χ3n) is 7.12. The molecule has 3 aromatic carbocycles. The Hall–Kier alpha value is -3.80. The lowest BCUT2D eigenvalue weighted by molar-refractivity contribution is -0.119. The maximum absolute atomic E-state index is 14.0.